The summed E-state index contributed by atoms with van der Waals surface area (Å²) < 4.78 is 17.8. The van der Waals surface area contributed by atoms with Gasteiger partial charge >= 0.3 is 0 Å². The molecule has 0 radical (unpaired) electrons. The van der Waals surface area contributed by atoms with Crippen molar-refractivity contribution in [3.8, 4) is 0 Å². The molecule has 1 aromatic carbocycles. The first-order valence-electron chi connectivity index (χ1n) is 5.38. The predicted molar refractivity (Wildman–Crippen MR) is 73.2 cm³/mol. The fourth-order valence-electron chi connectivity index (χ4n) is 1.38. The maximum atomic E-state index is 13.1. The normalized spacial score (nSPS) is 10.2. The Kier molecular flexibility index (Phi) is 4.08. The molecule has 0 aliphatic carbocycles. The van der Waals surface area contributed by atoms with Crippen LogP contribution in [0.5, 0.6) is 0 Å². The summed E-state index contributed by atoms with van der Waals surface area (Å²) in [5.74, 6) is -0.881. The van der Waals surface area contributed by atoms with E-state index in [1.165, 1.54) is 25.1 Å². The lowest BCUT2D eigenvalue weighted by atomic mass is 10.3. The molecule has 0 aliphatic heterocycles. The SMILES string of the molecule is CC(=O)Nc1nonc1C(=N)Nc1ccc(F)c(Br)c1. The Bertz CT molecular complexity index is 673. The third kappa shape index (κ3) is 3.18. The van der Waals surface area contributed by atoms with Crippen molar-refractivity contribution < 1.29 is 13.8 Å². The second-order valence-corrected chi connectivity index (χ2v) is 4.63. The van der Waals surface area contributed by atoms with Crippen LogP contribution in [0.2, 0.25) is 0 Å². The van der Waals surface area contributed by atoms with Crippen molar-refractivity contribution in [2.45, 2.75) is 6.92 Å². The van der Waals surface area contributed by atoms with Gasteiger partial charge < -0.3 is 10.6 Å². The fourth-order valence-corrected chi connectivity index (χ4v) is 1.76. The third-order valence-electron chi connectivity index (χ3n) is 2.21. The quantitative estimate of drug-likeness (QED) is 0.587. The molecule has 1 aromatic heterocycles. The predicted octanol–water partition coefficient (Wildman–Crippen LogP) is 2.37. The first kappa shape index (κ1) is 14.1. The van der Waals surface area contributed by atoms with Crippen LogP contribution in [0.15, 0.2) is 27.3 Å². The lowest BCUT2D eigenvalue weighted by Gasteiger charge is -2.07. The Labute approximate surface area is 121 Å². The molecule has 0 atom stereocenters. The number of benzene rings is 1. The van der Waals surface area contributed by atoms with E-state index >= 15 is 0 Å². The van der Waals surface area contributed by atoms with Gasteiger partial charge in [0.25, 0.3) is 0 Å². The Balaban J connectivity index is 2.17. The highest BCUT2D eigenvalue weighted by atomic mass is 79.9. The number of nitrogens with zero attached hydrogens (tertiary/aromatic N) is 2. The van der Waals surface area contributed by atoms with Gasteiger partial charge in [-0.15, -0.1) is 0 Å². The van der Waals surface area contributed by atoms with Crippen LogP contribution in [-0.2, 0) is 4.79 Å². The molecule has 3 N–H and O–H groups in total. The van der Waals surface area contributed by atoms with Crippen molar-refractivity contribution in [1.82, 2.24) is 10.3 Å². The van der Waals surface area contributed by atoms with Gasteiger partial charge in [-0.05, 0) is 44.4 Å². The number of amides is 1. The van der Waals surface area contributed by atoms with E-state index in [1.807, 2.05) is 0 Å². The summed E-state index contributed by atoms with van der Waals surface area (Å²) >= 11 is 3.04. The zero-order valence-corrected chi connectivity index (χ0v) is 11.8. The Morgan fingerprint density at radius 1 is 1.40 bits per heavy atom. The van der Waals surface area contributed by atoms with E-state index in [0.29, 0.717) is 5.69 Å². The van der Waals surface area contributed by atoms with Crippen LogP contribution < -0.4 is 10.6 Å². The van der Waals surface area contributed by atoms with E-state index in [2.05, 4.69) is 41.5 Å². The van der Waals surface area contributed by atoms with Gasteiger partial charge in [0.1, 0.15) is 5.82 Å². The van der Waals surface area contributed by atoms with E-state index in [1.54, 1.807) is 0 Å². The summed E-state index contributed by atoms with van der Waals surface area (Å²) in [6, 6.07) is 4.17. The first-order chi connectivity index (χ1) is 9.47. The second kappa shape index (κ2) is 5.78. The molecule has 20 heavy (non-hydrogen) atoms. The van der Waals surface area contributed by atoms with Crippen LogP contribution in [0.4, 0.5) is 15.9 Å². The number of hydrogen-bond donors (Lipinski definition) is 3. The molecule has 0 saturated heterocycles. The lowest BCUT2D eigenvalue weighted by Crippen LogP contribution is -2.16. The summed E-state index contributed by atoms with van der Waals surface area (Å²) in [6.07, 6.45) is 0. The molecule has 9 heteroatoms. The number of hydrogen-bond acceptors (Lipinski definition) is 5. The minimum absolute atomic E-state index is 0.0381. The van der Waals surface area contributed by atoms with Crippen molar-refractivity contribution in [3.63, 3.8) is 0 Å². The topological polar surface area (TPSA) is 104 Å². The molecular formula is C11H9BrFN5O2. The first-order valence-corrected chi connectivity index (χ1v) is 6.18. The highest BCUT2D eigenvalue weighted by Gasteiger charge is 2.16. The number of aromatic nitrogens is 2. The van der Waals surface area contributed by atoms with Crippen LogP contribution in [0, 0.1) is 11.2 Å². The molecule has 2 aromatic rings. The minimum Gasteiger partial charge on any atom is -0.339 e. The fraction of sp³-hybridized carbons (Fsp3) is 0.0909. The number of anilines is 2. The highest BCUT2D eigenvalue weighted by molar-refractivity contribution is 9.10. The zero-order chi connectivity index (χ0) is 14.7. The largest absolute Gasteiger partial charge is 0.339 e. The van der Waals surface area contributed by atoms with Crippen LogP contribution in [-0.4, -0.2) is 22.1 Å². The van der Waals surface area contributed by atoms with Crippen LogP contribution >= 0.6 is 15.9 Å². The maximum Gasteiger partial charge on any atom is 0.222 e. The van der Waals surface area contributed by atoms with E-state index in [-0.39, 0.29) is 27.7 Å². The van der Waals surface area contributed by atoms with Crippen LogP contribution in [0.25, 0.3) is 0 Å². The molecule has 0 aliphatic rings. The standard InChI is InChI=1S/C11H9BrFN5O2/c1-5(19)15-11-9(17-20-18-11)10(14)16-6-2-3-8(13)7(12)4-6/h2-4H,1H3,(H2,14,16)(H,15,18,19). The Hall–Kier alpha value is -2.29. The van der Waals surface area contributed by atoms with Crippen LogP contribution in [0.1, 0.15) is 12.6 Å². The molecule has 0 bridgehead atoms. The van der Waals surface area contributed by atoms with Gasteiger partial charge in [-0.25, -0.2) is 9.02 Å². The van der Waals surface area contributed by atoms with Crippen molar-refractivity contribution in [2.75, 3.05) is 10.6 Å². The van der Waals surface area contributed by atoms with Gasteiger partial charge in [-0.3, -0.25) is 10.2 Å². The number of halogens is 2. The van der Waals surface area contributed by atoms with Gasteiger partial charge in [0.2, 0.25) is 11.7 Å². The highest BCUT2D eigenvalue weighted by Crippen LogP contribution is 2.21. The van der Waals surface area contributed by atoms with E-state index in [9.17, 15) is 9.18 Å². The number of nitrogens with one attached hydrogen (secondary N) is 3. The molecule has 0 unspecified atom stereocenters. The van der Waals surface area contributed by atoms with Crippen LogP contribution in [0.3, 0.4) is 0 Å². The molecule has 0 fully saturated rings. The zero-order valence-electron chi connectivity index (χ0n) is 10.2. The Morgan fingerprint density at radius 3 is 2.80 bits per heavy atom. The van der Waals surface area contributed by atoms with Gasteiger partial charge in [-0.1, -0.05) is 0 Å². The Morgan fingerprint density at radius 2 is 2.15 bits per heavy atom. The summed E-state index contributed by atoms with van der Waals surface area (Å²) in [4.78, 5) is 11.0. The second-order valence-electron chi connectivity index (χ2n) is 3.77. The summed E-state index contributed by atoms with van der Waals surface area (Å²) in [6.45, 7) is 1.30. The lowest BCUT2D eigenvalue weighted by molar-refractivity contribution is -0.114. The van der Waals surface area contributed by atoms with Crippen molar-refractivity contribution >= 4 is 39.2 Å². The van der Waals surface area contributed by atoms with E-state index < -0.39 is 5.82 Å². The average molecular weight is 342 g/mol. The summed E-state index contributed by atoms with van der Waals surface area (Å²) in [5.41, 5.74) is 0.515. The van der Waals surface area contributed by atoms with Crippen molar-refractivity contribution in [3.05, 3.63) is 34.2 Å². The number of amidine groups is 1. The molecule has 104 valence electrons. The molecule has 0 saturated carbocycles. The van der Waals surface area contributed by atoms with Gasteiger partial charge in [0, 0.05) is 12.6 Å². The smallest absolute Gasteiger partial charge is 0.222 e. The molecular weight excluding hydrogens is 333 g/mol. The average Bonchev–Trinajstić information content (AvgIpc) is 2.81. The van der Waals surface area contributed by atoms with Crippen molar-refractivity contribution in [2.24, 2.45) is 0 Å². The molecule has 1 amide bonds. The number of carbonyl (C=O) groups is 1. The summed E-state index contributed by atoms with van der Waals surface area (Å²) in [7, 11) is 0. The monoisotopic (exact) mass is 341 g/mol. The molecule has 1 heterocycles. The maximum absolute atomic E-state index is 13.1. The summed E-state index contributed by atoms with van der Waals surface area (Å²) in [5, 5.41) is 20.0. The van der Waals surface area contributed by atoms with E-state index in [0.717, 1.165) is 0 Å². The van der Waals surface area contributed by atoms with Gasteiger partial charge in [0.15, 0.2) is 11.5 Å². The molecule has 2 rings (SSSR count). The number of carbonyl (C=O) groups excluding carboxylic acids is 1. The van der Waals surface area contributed by atoms with Crippen molar-refractivity contribution in [1.29, 1.82) is 5.41 Å². The third-order valence-corrected chi connectivity index (χ3v) is 2.82. The minimum atomic E-state index is -0.413. The van der Waals surface area contributed by atoms with Gasteiger partial charge in [-0.2, -0.15) is 0 Å². The number of rotatable bonds is 3. The van der Waals surface area contributed by atoms with Gasteiger partial charge in [0.05, 0.1) is 4.47 Å². The molecule has 0 spiro atoms. The van der Waals surface area contributed by atoms with E-state index in [4.69, 9.17) is 5.41 Å². The molecule has 7 nitrogen and oxygen atoms in total.